The fourth-order valence-electron chi connectivity index (χ4n) is 1.97. The van der Waals surface area contributed by atoms with Crippen LogP contribution >= 0.6 is 0 Å². The van der Waals surface area contributed by atoms with Gasteiger partial charge in [-0.2, -0.15) is 0 Å². The number of ether oxygens (including phenoxy) is 1. The number of fused-ring (bicyclic) bond motifs is 1. The van der Waals surface area contributed by atoms with Crippen LogP contribution in [0.15, 0.2) is 24.4 Å². The summed E-state index contributed by atoms with van der Waals surface area (Å²) in [6, 6.07) is 5.83. The van der Waals surface area contributed by atoms with Gasteiger partial charge >= 0.3 is 0 Å². The number of nitrogens with two attached hydrogens (primary N) is 1. The number of hydrogen-bond acceptors (Lipinski definition) is 3. The van der Waals surface area contributed by atoms with E-state index in [-0.39, 0.29) is 6.54 Å². The van der Waals surface area contributed by atoms with Crippen LogP contribution in [0.25, 0.3) is 10.9 Å². The number of rotatable bonds is 3. The predicted molar refractivity (Wildman–Crippen MR) is 63.5 cm³/mol. The molecule has 2 rings (SSSR count). The Morgan fingerprint density at radius 2 is 2.19 bits per heavy atom. The highest BCUT2D eigenvalue weighted by molar-refractivity contribution is 5.87. The maximum atomic E-state index is 9.81. The summed E-state index contributed by atoms with van der Waals surface area (Å²) in [5, 5.41) is 10.9. The first kappa shape index (κ1) is 11.0. The maximum Gasteiger partial charge on any atom is 0.148 e. The molecule has 0 aliphatic heterocycles. The van der Waals surface area contributed by atoms with Crippen molar-refractivity contribution in [2.24, 2.45) is 12.8 Å². The lowest BCUT2D eigenvalue weighted by molar-refractivity contribution is 0.182. The Morgan fingerprint density at radius 1 is 1.44 bits per heavy atom. The molecule has 1 heterocycles. The van der Waals surface area contributed by atoms with Crippen LogP contribution in [0.5, 0.6) is 5.75 Å². The second-order valence-corrected chi connectivity index (χ2v) is 3.80. The predicted octanol–water partition coefficient (Wildman–Crippen LogP) is 1.18. The number of benzene rings is 1. The molecular weight excluding hydrogens is 204 g/mol. The molecule has 0 bridgehead atoms. The molecule has 0 aliphatic carbocycles. The standard InChI is InChI=1S/C12H16N2O2/c1-14-6-5-8-3-4-9(10(15)7-13)12(16-2)11(8)14/h3-6,10,15H,7,13H2,1-2H3. The molecule has 1 atom stereocenters. The summed E-state index contributed by atoms with van der Waals surface area (Å²) in [7, 11) is 3.55. The fourth-order valence-corrected chi connectivity index (χ4v) is 1.97. The van der Waals surface area contributed by atoms with Crippen molar-refractivity contribution in [1.29, 1.82) is 0 Å². The minimum absolute atomic E-state index is 0.187. The van der Waals surface area contributed by atoms with Crippen molar-refractivity contribution in [2.75, 3.05) is 13.7 Å². The normalized spacial score (nSPS) is 13.0. The van der Waals surface area contributed by atoms with Crippen LogP contribution in [0.3, 0.4) is 0 Å². The van der Waals surface area contributed by atoms with Crippen LogP contribution in [0.4, 0.5) is 0 Å². The Hall–Kier alpha value is -1.52. The van der Waals surface area contributed by atoms with E-state index in [1.807, 2.05) is 36.0 Å². The number of hydrogen-bond donors (Lipinski definition) is 2. The van der Waals surface area contributed by atoms with Gasteiger partial charge in [0.2, 0.25) is 0 Å². The molecule has 4 nitrogen and oxygen atoms in total. The topological polar surface area (TPSA) is 60.4 Å². The lowest BCUT2D eigenvalue weighted by Crippen LogP contribution is -2.12. The Labute approximate surface area is 94.2 Å². The van der Waals surface area contributed by atoms with Gasteiger partial charge < -0.3 is 20.1 Å². The van der Waals surface area contributed by atoms with Crippen LogP contribution in [0.2, 0.25) is 0 Å². The van der Waals surface area contributed by atoms with Crippen LogP contribution in [0, 0.1) is 0 Å². The molecule has 16 heavy (non-hydrogen) atoms. The van der Waals surface area contributed by atoms with Crippen LogP contribution in [-0.2, 0) is 7.05 Å². The molecule has 0 spiro atoms. The van der Waals surface area contributed by atoms with E-state index >= 15 is 0 Å². The van der Waals surface area contributed by atoms with Gasteiger partial charge in [-0.05, 0) is 6.07 Å². The molecule has 0 saturated carbocycles. The largest absolute Gasteiger partial charge is 0.494 e. The molecule has 0 aliphatic rings. The molecule has 2 aromatic rings. The van der Waals surface area contributed by atoms with Crippen molar-refractivity contribution < 1.29 is 9.84 Å². The van der Waals surface area contributed by atoms with Crippen molar-refractivity contribution in [3.8, 4) is 5.75 Å². The second-order valence-electron chi connectivity index (χ2n) is 3.80. The molecule has 4 heteroatoms. The summed E-state index contributed by atoms with van der Waals surface area (Å²) in [4.78, 5) is 0. The van der Waals surface area contributed by atoms with Gasteiger partial charge in [-0.15, -0.1) is 0 Å². The van der Waals surface area contributed by atoms with Crippen molar-refractivity contribution in [3.63, 3.8) is 0 Å². The zero-order valence-electron chi connectivity index (χ0n) is 9.47. The summed E-state index contributed by atoms with van der Waals surface area (Å²) in [6.45, 7) is 0.187. The summed E-state index contributed by atoms with van der Waals surface area (Å²) < 4.78 is 7.36. The average molecular weight is 220 g/mol. The number of aliphatic hydroxyl groups is 1. The molecule has 0 amide bonds. The van der Waals surface area contributed by atoms with E-state index in [0.29, 0.717) is 5.75 Å². The van der Waals surface area contributed by atoms with Gasteiger partial charge in [-0.3, -0.25) is 0 Å². The summed E-state index contributed by atoms with van der Waals surface area (Å²) in [5.74, 6) is 0.697. The molecule has 0 radical (unpaired) electrons. The third-order valence-electron chi connectivity index (χ3n) is 2.81. The van der Waals surface area contributed by atoms with E-state index in [2.05, 4.69) is 0 Å². The van der Waals surface area contributed by atoms with Crippen LogP contribution < -0.4 is 10.5 Å². The average Bonchev–Trinajstić information content (AvgIpc) is 2.69. The van der Waals surface area contributed by atoms with Crippen molar-refractivity contribution >= 4 is 10.9 Å². The third-order valence-corrected chi connectivity index (χ3v) is 2.81. The number of methoxy groups -OCH3 is 1. The summed E-state index contributed by atoms with van der Waals surface area (Å²) in [6.07, 6.45) is 1.28. The third kappa shape index (κ3) is 1.56. The molecule has 1 aromatic carbocycles. The zero-order valence-corrected chi connectivity index (χ0v) is 9.47. The Balaban J connectivity index is 2.71. The second kappa shape index (κ2) is 4.15. The van der Waals surface area contributed by atoms with E-state index in [1.165, 1.54) is 0 Å². The smallest absolute Gasteiger partial charge is 0.148 e. The van der Waals surface area contributed by atoms with Gasteiger partial charge in [0.25, 0.3) is 0 Å². The van der Waals surface area contributed by atoms with E-state index < -0.39 is 6.10 Å². The number of nitrogens with zero attached hydrogens (tertiary/aromatic N) is 1. The number of aliphatic hydroxyl groups excluding tert-OH is 1. The van der Waals surface area contributed by atoms with E-state index in [1.54, 1.807) is 7.11 Å². The van der Waals surface area contributed by atoms with Gasteiger partial charge in [-0.1, -0.05) is 12.1 Å². The van der Waals surface area contributed by atoms with Gasteiger partial charge in [0, 0.05) is 30.7 Å². The Morgan fingerprint density at radius 3 is 2.81 bits per heavy atom. The lowest BCUT2D eigenvalue weighted by Gasteiger charge is -2.14. The van der Waals surface area contributed by atoms with Gasteiger partial charge in [0.15, 0.2) is 0 Å². The number of aromatic nitrogens is 1. The fraction of sp³-hybridized carbons (Fsp3) is 0.333. The maximum absolute atomic E-state index is 9.81. The summed E-state index contributed by atoms with van der Waals surface area (Å²) in [5.41, 5.74) is 7.19. The minimum Gasteiger partial charge on any atom is -0.494 e. The Kier molecular flexibility index (Phi) is 2.85. The van der Waals surface area contributed by atoms with Gasteiger partial charge in [0.05, 0.1) is 18.7 Å². The lowest BCUT2D eigenvalue weighted by atomic mass is 10.1. The minimum atomic E-state index is -0.686. The zero-order chi connectivity index (χ0) is 11.7. The summed E-state index contributed by atoms with van der Waals surface area (Å²) >= 11 is 0. The first-order valence-electron chi connectivity index (χ1n) is 5.19. The molecule has 3 N–H and O–H groups in total. The van der Waals surface area contributed by atoms with E-state index in [4.69, 9.17) is 10.5 Å². The molecule has 0 fully saturated rings. The molecule has 0 saturated heterocycles. The highest BCUT2D eigenvalue weighted by Gasteiger charge is 2.16. The molecule has 1 aromatic heterocycles. The monoisotopic (exact) mass is 220 g/mol. The molecule has 1 unspecified atom stereocenters. The molecular formula is C12H16N2O2. The first-order chi connectivity index (χ1) is 7.69. The van der Waals surface area contributed by atoms with Crippen molar-refractivity contribution in [1.82, 2.24) is 4.57 Å². The molecule has 86 valence electrons. The highest BCUT2D eigenvalue weighted by Crippen LogP contribution is 2.33. The van der Waals surface area contributed by atoms with Gasteiger partial charge in [-0.25, -0.2) is 0 Å². The highest BCUT2D eigenvalue weighted by atomic mass is 16.5. The Bertz CT molecular complexity index is 505. The number of aryl methyl sites for hydroxylation is 1. The van der Waals surface area contributed by atoms with Crippen LogP contribution in [0.1, 0.15) is 11.7 Å². The van der Waals surface area contributed by atoms with E-state index in [0.717, 1.165) is 16.5 Å². The van der Waals surface area contributed by atoms with Crippen molar-refractivity contribution in [2.45, 2.75) is 6.10 Å². The first-order valence-corrected chi connectivity index (χ1v) is 5.19. The van der Waals surface area contributed by atoms with Crippen molar-refractivity contribution in [3.05, 3.63) is 30.0 Å². The van der Waals surface area contributed by atoms with Crippen LogP contribution in [-0.4, -0.2) is 23.3 Å². The quantitative estimate of drug-likeness (QED) is 0.816. The SMILES string of the molecule is COc1c(C(O)CN)ccc2ccn(C)c12. The van der Waals surface area contributed by atoms with E-state index in [9.17, 15) is 5.11 Å². The van der Waals surface area contributed by atoms with Gasteiger partial charge in [0.1, 0.15) is 5.75 Å².